The van der Waals surface area contributed by atoms with Crippen LogP contribution in [0, 0.1) is 0 Å². The van der Waals surface area contributed by atoms with Gasteiger partial charge in [0.25, 0.3) is 0 Å². The Labute approximate surface area is 535 Å². The van der Waals surface area contributed by atoms with Gasteiger partial charge in [-0.1, -0.05) is 291 Å². The highest BCUT2D eigenvalue weighted by atomic mass is 16.5. The summed E-state index contributed by atoms with van der Waals surface area (Å²) in [7, 11) is 0. The lowest BCUT2D eigenvalue weighted by Crippen LogP contribution is -2.34. The van der Waals surface area contributed by atoms with E-state index < -0.39 is 16.2 Å². The average molecular weight is 1180 g/mol. The van der Waals surface area contributed by atoms with E-state index in [-0.39, 0.29) is 0 Å². The molecule has 0 bridgehead atoms. The second kappa shape index (κ2) is 21.2. The van der Waals surface area contributed by atoms with Gasteiger partial charge in [-0.2, -0.15) is 0 Å². The van der Waals surface area contributed by atoms with Crippen LogP contribution in [-0.4, -0.2) is 0 Å². The zero-order valence-electron chi connectivity index (χ0n) is 50.2. The molecule has 0 unspecified atom stereocenters. The molecule has 0 spiro atoms. The van der Waals surface area contributed by atoms with Gasteiger partial charge in [0.2, 0.25) is 0 Å². The first-order chi connectivity index (χ1) is 45.6. The summed E-state index contributed by atoms with van der Waals surface area (Å²) in [5.41, 5.74) is 18.2. The van der Waals surface area contributed by atoms with Crippen molar-refractivity contribution in [2.75, 3.05) is 0 Å². The van der Waals surface area contributed by atoms with Gasteiger partial charge in [0.1, 0.15) is 34.5 Å². The highest BCUT2D eigenvalue weighted by molar-refractivity contribution is 6.19. The maximum Gasteiger partial charge on any atom is 0.132 e. The molecule has 0 N–H and O–H groups in total. The SMILES string of the molecule is c1ccc(C2(c3cccc(-c4cccc5c(-c6cccc(C7(c8ccccc8)c8ccccc8Oc8ccccc87)c6)c6cccc(-c7cccc(C8(c9ccccc9)c9ccccc9Oc9ccccc98)c7)c6cc45)c3)c3ccccc3Oc3ccccc32)cc1. The van der Waals surface area contributed by atoms with Gasteiger partial charge in [0.15, 0.2) is 0 Å². The van der Waals surface area contributed by atoms with Crippen LogP contribution in [0.1, 0.15) is 66.8 Å². The summed E-state index contributed by atoms with van der Waals surface area (Å²) in [5, 5.41) is 4.61. The summed E-state index contributed by atoms with van der Waals surface area (Å²) in [4.78, 5) is 0. The Morgan fingerprint density at radius 2 is 0.424 bits per heavy atom. The summed E-state index contributed by atoms with van der Waals surface area (Å²) in [5.74, 6) is 5.09. The van der Waals surface area contributed by atoms with Crippen LogP contribution in [0.5, 0.6) is 34.5 Å². The van der Waals surface area contributed by atoms with E-state index in [1.54, 1.807) is 0 Å². The molecule has 3 aliphatic rings. The van der Waals surface area contributed by atoms with Gasteiger partial charge in [0.05, 0.1) is 16.2 Å². The fourth-order valence-corrected chi connectivity index (χ4v) is 16.1. The summed E-state index contributed by atoms with van der Waals surface area (Å²) >= 11 is 0. The Morgan fingerprint density at radius 3 is 0.739 bits per heavy atom. The van der Waals surface area contributed by atoms with Crippen LogP contribution >= 0.6 is 0 Å². The van der Waals surface area contributed by atoms with Crippen LogP contribution in [0.25, 0.3) is 54.9 Å². The summed E-state index contributed by atoms with van der Waals surface area (Å²) in [6.07, 6.45) is 0. The minimum Gasteiger partial charge on any atom is -0.457 e. The molecule has 15 aromatic carbocycles. The minimum atomic E-state index is -0.730. The molecule has 0 atom stereocenters. The fourth-order valence-electron chi connectivity index (χ4n) is 16.1. The van der Waals surface area contributed by atoms with Gasteiger partial charge in [0, 0.05) is 33.4 Å². The van der Waals surface area contributed by atoms with Crippen LogP contribution in [0.15, 0.2) is 352 Å². The number of rotatable bonds is 9. The maximum atomic E-state index is 6.83. The third-order valence-corrected chi connectivity index (χ3v) is 19.9. The molecule has 0 fully saturated rings. The van der Waals surface area contributed by atoms with Crippen molar-refractivity contribution in [3.05, 3.63) is 419 Å². The molecule has 3 heteroatoms. The molecule has 3 aliphatic heterocycles. The molecular formula is C89H58O3. The van der Waals surface area contributed by atoms with Crippen molar-refractivity contribution in [2.24, 2.45) is 0 Å². The summed E-state index contributed by atoms with van der Waals surface area (Å²) in [6, 6.07) is 129. The second-order valence-corrected chi connectivity index (χ2v) is 24.4. The zero-order chi connectivity index (χ0) is 60.8. The largest absolute Gasteiger partial charge is 0.457 e. The molecule has 432 valence electrons. The lowest BCUT2D eigenvalue weighted by atomic mass is 9.63. The van der Waals surface area contributed by atoms with Crippen LogP contribution < -0.4 is 14.2 Å². The number of ether oxygens (including phenoxy) is 3. The number of para-hydroxylation sites is 6. The topological polar surface area (TPSA) is 27.7 Å². The third kappa shape index (κ3) is 7.82. The molecule has 18 rings (SSSR count). The molecule has 0 amide bonds. The van der Waals surface area contributed by atoms with Gasteiger partial charge in [-0.3, -0.25) is 0 Å². The first kappa shape index (κ1) is 53.3. The van der Waals surface area contributed by atoms with Crippen molar-refractivity contribution < 1.29 is 14.2 Å². The Balaban J connectivity index is 0.917. The number of benzene rings is 15. The number of fused-ring (bicyclic) bond motifs is 8. The Kier molecular flexibility index (Phi) is 12.3. The van der Waals surface area contributed by atoms with Crippen molar-refractivity contribution in [2.45, 2.75) is 16.2 Å². The summed E-state index contributed by atoms with van der Waals surface area (Å²) in [6.45, 7) is 0. The highest BCUT2D eigenvalue weighted by Crippen LogP contribution is 2.60. The standard InChI is InChI=1S/C89H58O3/c1-4-30-62(31-5-1)87(74-43-10-16-49-80(74)90-81-50-17-11-44-75(81)87)65-36-22-27-59(55-65)68-39-25-41-70-72(68)58-73-69(60-28-23-37-66(56-60)88(63-32-6-2-7-33-63)76-45-12-18-51-82(76)91-83-52-19-13-46-77(83)88)40-26-42-71(73)86(70)61-29-24-38-67(57-61)89(64-34-8-3-9-35-64)78-47-14-20-53-84(78)92-85-54-21-15-48-79(85)89/h1-58H. The molecule has 0 radical (unpaired) electrons. The molecule has 0 aromatic heterocycles. The fraction of sp³-hybridized carbons (Fsp3) is 0.0337. The van der Waals surface area contributed by atoms with Crippen LogP contribution in [0.2, 0.25) is 0 Å². The van der Waals surface area contributed by atoms with Gasteiger partial charge in [-0.15, -0.1) is 0 Å². The molecule has 3 nitrogen and oxygen atoms in total. The van der Waals surface area contributed by atoms with Crippen molar-refractivity contribution in [3.8, 4) is 67.9 Å². The lowest BCUT2D eigenvalue weighted by Gasteiger charge is -2.41. The average Bonchev–Trinajstić information content (AvgIpc) is 0.729. The monoisotopic (exact) mass is 1170 g/mol. The molecule has 3 heterocycles. The first-order valence-electron chi connectivity index (χ1n) is 31.7. The smallest absolute Gasteiger partial charge is 0.132 e. The predicted molar refractivity (Wildman–Crippen MR) is 373 cm³/mol. The predicted octanol–water partition coefficient (Wildman–Crippen LogP) is 22.5. The van der Waals surface area contributed by atoms with Gasteiger partial charge in [-0.05, 0) is 149 Å². The second-order valence-electron chi connectivity index (χ2n) is 24.4. The van der Waals surface area contributed by atoms with Crippen molar-refractivity contribution in [1.82, 2.24) is 0 Å². The van der Waals surface area contributed by atoms with E-state index in [1.165, 1.54) is 16.7 Å². The highest BCUT2D eigenvalue weighted by Gasteiger charge is 2.48. The van der Waals surface area contributed by atoms with Crippen LogP contribution in [0.4, 0.5) is 0 Å². The molecular weight excluding hydrogens is 1120 g/mol. The Hall–Kier alpha value is -11.8. The molecule has 0 saturated carbocycles. The van der Waals surface area contributed by atoms with E-state index in [9.17, 15) is 0 Å². The quantitative estimate of drug-likeness (QED) is 0.135. The molecule has 15 aromatic rings. The van der Waals surface area contributed by atoms with E-state index >= 15 is 0 Å². The molecule has 0 aliphatic carbocycles. The molecule has 92 heavy (non-hydrogen) atoms. The number of hydrogen-bond acceptors (Lipinski definition) is 3. The van der Waals surface area contributed by atoms with Gasteiger partial charge >= 0.3 is 0 Å². The van der Waals surface area contributed by atoms with Crippen molar-refractivity contribution in [3.63, 3.8) is 0 Å². The van der Waals surface area contributed by atoms with Crippen molar-refractivity contribution in [1.29, 1.82) is 0 Å². The van der Waals surface area contributed by atoms with Gasteiger partial charge < -0.3 is 14.2 Å². The van der Waals surface area contributed by atoms with E-state index in [0.29, 0.717) is 0 Å². The minimum absolute atomic E-state index is 0.706. The molecule has 0 saturated heterocycles. The maximum absolute atomic E-state index is 6.83. The third-order valence-electron chi connectivity index (χ3n) is 19.9. The summed E-state index contributed by atoms with van der Waals surface area (Å²) < 4.78 is 20.4. The van der Waals surface area contributed by atoms with E-state index in [1.807, 2.05) is 0 Å². The Bertz CT molecular complexity index is 5020. The van der Waals surface area contributed by atoms with Crippen molar-refractivity contribution >= 4 is 21.5 Å². The van der Waals surface area contributed by atoms with Crippen LogP contribution in [0.3, 0.4) is 0 Å². The lowest BCUT2D eigenvalue weighted by molar-refractivity contribution is 0.434. The normalized spacial score (nSPS) is 14.2. The van der Waals surface area contributed by atoms with E-state index in [2.05, 4.69) is 352 Å². The van der Waals surface area contributed by atoms with E-state index in [4.69, 9.17) is 14.2 Å². The zero-order valence-corrected chi connectivity index (χ0v) is 50.2. The van der Waals surface area contributed by atoms with E-state index in [0.717, 1.165) is 139 Å². The Morgan fingerprint density at radius 1 is 0.174 bits per heavy atom. The van der Waals surface area contributed by atoms with Crippen LogP contribution in [-0.2, 0) is 16.2 Å². The number of hydrogen-bond donors (Lipinski definition) is 0. The first-order valence-corrected chi connectivity index (χ1v) is 31.7. The van der Waals surface area contributed by atoms with Gasteiger partial charge in [-0.25, -0.2) is 0 Å².